The summed E-state index contributed by atoms with van der Waals surface area (Å²) in [6.45, 7) is 5.56. The first-order valence-electron chi connectivity index (χ1n) is 8.43. The van der Waals surface area contributed by atoms with Crippen molar-refractivity contribution in [3.63, 3.8) is 0 Å². The van der Waals surface area contributed by atoms with Gasteiger partial charge in [0.1, 0.15) is 0 Å². The Labute approximate surface area is 137 Å². The fraction of sp³-hybridized carbons (Fsp3) is 0.647. The molecule has 2 aliphatic rings. The number of hydrogen-bond donors (Lipinski definition) is 0. The molecule has 6 nitrogen and oxygen atoms in total. The number of anilines is 1. The Morgan fingerprint density at radius 3 is 2.52 bits per heavy atom. The Bertz CT molecular complexity index is 570. The van der Waals surface area contributed by atoms with Crippen LogP contribution in [0, 0.1) is 10.1 Å². The van der Waals surface area contributed by atoms with Crippen molar-refractivity contribution < 1.29 is 9.66 Å². The number of ether oxygens (including phenoxy) is 1. The highest BCUT2D eigenvalue weighted by atomic mass is 16.6. The lowest BCUT2D eigenvalue weighted by atomic mass is 10.0. The largest absolute Gasteiger partial charge is 0.490 e. The van der Waals surface area contributed by atoms with Gasteiger partial charge in [0.15, 0.2) is 5.75 Å². The van der Waals surface area contributed by atoms with Gasteiger partial charge < -0.3 is 9.64 Å². The van der Waals surface area contributed by atoms with Crippen LogP contribution >= 0.6 is 0 Å². The summed E-state index contributed by atoms with van der Waals surface area (Å²) >= 11 is 0. The summed E-state index contributed by atoms with van der Waals surface area (Å²) < 4.78 is 5.18. The van der Waals surface area contributed by atoms with Gasteiger partial charge >= 0.3 is 5.69 Å². The highest BCUT2D eigenvalue weighted by Crippen LogP contribution is 2.33. The molecule has 2 heterocycles. The molecular weight excluding hydrogens is 294 g/mol. The minimum atomic E-state index is -0.399. The van der Waals surface area contributed by atoms with Crippen LogP contribution in [0.1, 0.15) is 32.6 Å². The molecule has 1 aromatic rings. The third-order valence-corrected chi connectivity index (χ3v) is 5.26. The SMILES string of the molecule is COc1cc(N2CCC(N3CCCC3C)CC2)ccc1[N+](=O)[O-]. The van der Waals surface area contributed by atoms with Crippen LogP contribution in [0.2, 0.25) is 0 Å². The Balaban J connectivity index is 1.66. The van der Waals surface area contributed by atoms with Crippen molar-refractivity contribution in [3.8, 4) is 5.75 Å². The van der Waals surface area contributed by atoms with Gasteiger partial charge in [-0.2, -0.15) is 0 Å². The van der Waals surface area contributed by atoms with Gasteiger partial charge in [-0.25, -0.2) is 0 Å². The fourth-order valence-corrected chi connectivity index (χ4v) is 3.97. The van der Waals surface area contributed by atoms with E-state index < -0.39 is 4.92 Å². The van der Waals surface area contributed by atoms with Gasteiger partial charge in [0.05, 0.1) is 12.0 Å². The first-order valence-corrected chi connectivity index (χ1v) is 8.43. The van der Waals surface area contributed by atoms with E-state index in [2.05, 4.69) is 16.7 Å². The first-order chi connectivity index (χ1) is 11.1. The van der Waals surface area contributed by atoms with E-state index in [0.29, 0.717) is 17.8 Å². The van der Waals surface area contributed by atoms with Crippen LogP contribution in [-0.2, 0) is 0 Å². The van der Waals surface area contributed by atoms with Crippen LogP contribution in [0.25, 0.3) is 0 Å². The zero-order chi connectivity index (χ0) is 16.4. The molecule has 3 rings (SSSR count). The second-order valence-corrected chi connectivity index (χ2v) is 6.56. The molecule has 0 spiro atoms. The summed E-state index contributed by atoms with van der Waals surface area (Å²) in [4.78, 5) is 15.6. The number of piperidine rings is 1. The predicted molar refractivity (Wildman–Crippen MR) is 90.3 cm³/mol. The number of rotatable bonds is 4. The van der Waals surface area contributed by atoms with Gasteiger partial charge in [-0.15, -0.1) is 0 Å². The molecular formula is C17H25N3O3. The van der Waals surface area contributed by atoms with E-state index in [-0.39, 0.29) is 5.69 Å². The fourth-order valence-electron chi connectivity index (χ4n) is 3.97. The molecule has 1 aromatic carbocycles. The molecule has 1 unspecified atom stereocenters. The van der Waals surface area contributed by atoms with Crippen molar-refractivity contribution in [3.05, 3.63) is 28.3 Å². The van der Waals surface area contributed by atoms with E-state index in [1.165, 1.54) is 26.5 Å². The molecule has 0 saturated carbocycles. The highest BCUT2D eigenvalue weighted by Gasteiger charge is 2.30. The molecule has 0 aromatic heterocycles. The van der Waals surface area contributed by atoms with E-state index in [4.69, 9.17) is 4.74 Å². The monoisotopic (exact) mass is 319 g/mol. The number of nitrogens with zero attached hydrogens (tertiary/aromatic N) is 3. The predicted octanol–water partition coefficient (Wildman–Crippen LogP) is 3.06. The molecule has 126 valence electrons. The van der Waals surface area contributed by atoms with Crippen LogP contribution < -0.4 is 9.64 Å². The molecule has 0 N–H and O–H groups in total. The Morgan fingerprint density at radius 2 is 1.96 bits per heavy atom. The van der Waals surface area contributed by atoms with E-state index in [1.807, 2.05) is 6.07 Å². The van der Waals surface area contributed by atoms with E-state index in [9.17, 15) is 10.1 Å². The molecule has 0 aliphatic carbocycles. The van der Waals surface area contributed by atoms with Crippen LogP contribution in [0.3, 0.4) is 0 Å². The number of nitro groups is 1. The lowest BCUT2D eigenvalue weighted by Crippen LogP contribution is -2.46. The van der Waals surface area contributed by atoms with Crippen molar-refractivity contribution in [2.75, 3.05) is 31.6 Å². The average molecular weight is 319 g/mol. The maximum Gasteiger partial charge on any atom is 0.311 e. The summed E-state index contributed by atoms with van der Waals surface area (Å²) in [5, 5.41) is 11.0. The van der Waals surface area contributed by atoms with Crippen molar-refractivity contribution in [2.24, 2.45) is 0 Å². The first kappa shape index (κ1) is 16.1. The summed E-state index contributed by atoms with van der Waals surface area (Å²) in [6, 6.07) is 6.56. The molecule has 2 saturated heterocycles. The lowest BCUT2D eigenvalue weighted by molar-refractivity contribution is -0.385. The standard InChI is InChI=1S/C17H25N3O3/c1-13-4-3-9-19(13)14-7-10-18(11-8-14)15-5-6-16(20(21)22)17(12-15)23-2/h5-6,12-14H,3-4,7-11H2,1-2H3. The molecule has 2 aliphatic heterocycles. The van der Waals surface area contributed by atoms with Gasteiger partial charge in [0.2, 0.25) is 0 Å². The highest BCUT2D eigenvalue weighted by molar-refractivity contribution is 5.59. The van der Waals surface area contributed by atoms with Crippen molar-refractivity contribution in [1.82, 2.24) is 4.90 Å². The van der Waals surface area contributed by atoms with E-state index in [1.54, 1.807) is 12.1 Å². The topological polar surface area (TPSA) is 58.8 Å². The van der Waals surface area contributed by atoms with Gasteiger partial charge in [0, 0.05) is 43.0 Å². The van der Waals surface area contributed by atoms with Gasteiger partial charge in [-0.05, 0) is 45.2 Å². The number of hydrogen-bond acceptors (Lipinski definition) is 5. The van der Waals surface area contributed by atoms with Crippen LogP contribution in [0.15, 0.2) is 18.2 Å². The van der Waals surface area contributed by atoms with Crippen molar-refractivity contribution in [1.29, 1.82) is 0 Å². The van der Waals surface area contributed by atoms with Crippen molar-refractivity contribution in [2.45, 2.75) is 44.7 Å². The zero-order valence-electron chi connectivity index (χ0n) is 13.9. The summed E-state index contributed by atoms with van der Waals surface area (Å²) in [5.74, 6) is 0.336. The molecule has 0 radical (unpaired) electrons. The van der Waals surface area contributed by atoms with E-state index >= 15 is 0 Å². The Kier molecular flexibility index (Phi) is 4.71. The third-order valence-electron chi connectivity index (χ3n) is 5.26. The number of nitro benzene ring substituents is 1. The second-order valence-electron chi connectivity index (χ2n) is 6.56. The quantitative estimate of drug-likeness (QED) is 0.630. The Hall–Kier alpha value is -1.82. The molecule has 23 heavy (non-hydrogen) atoms. The maximum absolute atomic E-state index is 11.0. The van der Waals surface area contributed by atoms with E-state index in [0.717, 1.165) is 31.6 Å². The average Bonchev–Trinajstić information content (AvgIpc) is 3.00. The Morgan fingerprint density at radius 1 is 1.22 bits per heavy atom. The molecule has 0 bridgehead atoms. The second kappa shape index (κ2) is 6.74. The molecule has 6 heteroatoms. The smallest absolute Gasteiger partial charge is 0.311 e. The third kappa shape index (κ3) is 3.27. The van der Waals surface area contributed by atoms with Crippen LogP contribution in [0.5, 0.6) is 5.75 Å². The van der Waals surface area contributed by atoms with Gasteiger partial charge in [0.25, 0.3) is 0 Å². The van der Waals surface area contributed by atoms with Gasteiger partial charge in [-0.1, -0.05) is 0 Å². The zero-order valence-corrected chi connectivity index (χ0v) is 13.9. The molecule has 2 fully saturated rings. The minimum Gasteiger partial charge on any atom is -0.490 e. The van der Waals surface area contributed by atoms with Crippen LogP contribution in [-0.4, -0.2) is 48.7 Å². The summed E-state index contributed by atoms with van der Waals surface area (Å²) in [6.07, 6.45) is 4.95. The number of likely N-dealkylation sites (tertiary alicyclic amines) is 1. The summed E-state index contributed by atoms with van der Waals surface area (Å²) in [5.41, 5.74) is 1.04. The number of methoxy groups -OCH3 is 1. The molecule has 1 atom stereocenters. The van der Waals surface area contributed by atoms with Gasteiger partial charge in [-0.3, -0.25) is 15.0 Å². The minimum absolute atomic E-state index is 0.0250. The number of benzene rings is 1. The summed E-state index contributed by atoms with van der Waals surface area (Å²) in [7, 11) is 1.48. The maximum atomic E-state index is 11.0. The van der Waals surface area contributed by atoms with Crippen LogP contribution in [0.4, 0.5) is 11.4 Å². The lowest BCUT2D eigenvalue weighted by Gasteiger charge is -2.39. The van der Waals surface area contributed by atoms with Crippen molar-refractivity contribution >= 4 is 11.4 Å². The molecule has 0 amide bonds. The normalized spacial score (nSPS) is 23.2.